The average Bonchev–Trinajstić information content (AvgIpc) is 2.57. The van der Waals surface area contributed by atoms with E-state index in [4.69, 9.17) is 10.5 Å². The van der Waals surface area contributed by atoms with Crippen LogP contribution in [0.25, 0.3) is 11.3 Å². The lowest BCUT2D eigenvalue weighted by atomic mass is 9.91. The highest BCUT2D eigenvalue weighted by molar-refractivity contribution is 5.70. The van der Waals surface area contributed by atoms with Gasteiger partial charge in [0.1, 0.15) is 5.75 Å². The van der Waals surface area contributed by atoms with Gasteiger partial charge in [-0.3, -0.25) is 4.98 Å². The van der Waals surface area contributed by atoms with Gasteiger partial charge in [-0.25, -0.2) is 0 Å². The maximum atomic E-state index is 6.22. The number of pyridine rings is 1. The molecule has 0 spiro atoms. The van der Waals surface area contributed by atoms with E-state index in [0.717, 1.165) is 35.5 Å². The molecular formula is C18H23N3O. The van der Waals surface area contributed by atoms with E-state index in [1.807, 2.05) is 36.5 Å². The van der Waals surface area contributed by atoms with Crippen molar-refractivity contribution in [2.45, 2.75) is 37.8 Å². The van der Waals surface area contributed by atoms with E-state index in [9.17, 15) is 0 Å². The van der Waals surface area contributed by atoms with Crippen molar-refractivity contribution in [2.24, 2.45) is 5.73 Å². The summed E-state index contributed by atoms with van der Waals surface area (Å²) in [5, 5.41) is 3.57. The molecule has 1 heterocycles. The van der Waals surface area contributed by atoms with Gasteiger partial charge in [0.15, 0.2) is 0 Å². The smallest absolute Gasteiger partial charge is 0.128 e. The summed E-state index contributed by atoms with van der Waals surface area (Å²) in [4.78, 5) is 4.48. The van der Waals surface area contributed by atoms with Crippen LogP contribution in [0.5, 0.6) is 5.75 Å². The van der Waals surface area contributed by atoms with Crippen LogP contribution in [-0.4, -0.2) is 24.2 Å². The highest BCUT2D eigenvalue weighted by Gasteiger charge is 2.21. The van der Waals surface area contributed by atoms with E-state index < -0.39 is 0 Å². The molecule has 4 nitrogen and oxygen atoms in total. The average molecular weight is 297 g/mol. The summed E-state index contributed by atoms with van der Waals surface area (Å²) >= 11 is 0. The first-order valence-corrected chi connectivity index (χ1v) is 7.89. The minimum Gasteiger partial charge on any atom is -0.496 e. The fourth-order valence-electron chi connectivity index (χ4n) is 3.08. The van der Waals surface area contributed by atoms with E-state index in [2.05, 4.69) is 16.4 Å². The van der Waals surface area contributed by atoms with E-state index in [0.29, 0.717) is 6.04 Å². The molecule has 0 amide bonds. The molecule has 3 rings (SSSR count). The molecule has 1 saturated carbocycles. The number of benzene rings is 1. The van der Waals surface area contributed by atoms with Crippen LogP contribution >= 0.6 is 0 Å². The molecule has 0 radical (unpaired) electrons. The number of ether oxygens (including phenoxy) is 1. The van der Waals surface area contributed by atoms with Gasteiger partial charge in [-0.2, -0.15) is 0 Å². The molecular weight excluding hydrogens is 274 g/mol. The third kappa shape index (κ3) is 3.22. The normalized spacial score (nSPS) is 21.4. The zero-order chi connectivity index (χ0) is 15.4. The minimum absolute atomic E-state index is 0.233. The summed E-state index contributed by atoms with van der Waals surface area (Å²) in [6.07, 6.45) is 6.55. The number of nitrogens with two attached hydrogens (primary N) is 1. The Morgan fingerprint density at radius 1 is 1.18 bits per heavy atom. The van der Waals surface area contributed by atoms with Crippen LogP contribution in [0.3, 0.4) is 0 Å². The van der Waals surface area contributed by atoms with Crippen molar-refractivity contribution >= 4 is 5.69 Å². The molecule has 1 aliphatic rings. The summed E-state index contributed by atoms with van der Waals surface area (Å²) in [5.74, 6) is 0.835. The molecule has 1 aromatic heterocycles. The lowest BCUT2D eigenvalue weighted by Crippen LogP contribution is -2.42. The molecule has 2 aromatic rings. The third-order valence-electron chi connectivity index (χ3n) is 4.31. The van der Waals surface area contributed by atoms with Crippen molar-refractivity contribution in [1.29, 1.82) is 0 Å². The highest BCUT2D eigenvalue weighted by atomic mass is 16.5. The van der Waals surface area contributed by atoms with Gasteiger partial charge in [-0.15, -0.1) is 0 Å². The van der Waals surface area contributed by atoms with Gasteiger partial charge < -0.3 is 15.8 Å². The lowest BCUT2D eigenvalue weighted by Gasteiger charge is -2.30. The molecule has 1 fully saturated rings. The van der Waals surface area contributed by atoms with Gasteiger partial charge in [0.2, 0.25) is 0 Å². The van der Waals surface area contributed by atoms with Crippen LogP contribution in [0.1, 0.15) is 25.7 Å². The number of nitrogens with zero attached hydrogens (tertiary/aromatic N) is 1. The van der Waals surface area contributed by atoms with Crippen molar-refractivity contribution < 1.29 is 4.74 Å². The van der Waals surface area contributed by atoms with Crippen LogP contribution in [-0.2, 0) is 0 Å². The summed E-state index contributed by atoms with van der Waals surface area (Å²) < 4.78 is 5.43. The van der Waals surface area contributed by atoms with E-state index >= 15 is 0 Å². The first kappa shape index (κ1) is 14.9. The molecule has 3 N–H and O–H groups in total. The van der Waals surface area contributed by atoms with Crippen LogP contribution in [0, 0.1) is 0 Å². The Labute approximate surface area is 131 Å². The van der Waals surface area contributed by atoms with Gasteiger partial charge in [0, 0.05) is 29.5 Å². The molecule has 0 aliphatic heterocycles. The second-order valence-electron chi connectivity index (χ2n) is 5.83. The summed E-state index contributed by atoms with van der Waals surface area (Å²) in [5.41, 5.74) is 9.20. The van der Waals surface area contributed by atoms with Crippen LogP contribution in [0.15, 0.2) is 42.6 Å². The second-order valence-corrected chi connectivity index (χ2v) is 5.83. The largest absolute Gasteiger partial charge is 0.496 e. The van der Waals surface area contributed by atoms with Crippen molar-refractivity contribution in [3.8, 4) is 17.0 Å². The fraction of sp³-hybridized carbons (Fsp3) is 0.389. The number of nitrogens with one attached hydrogen (secondary N) is 1. The molecule has 0 bridgehead atoms. The first-order valence-electron chi connectivity index (χ1n) is 7.89. The Bertz CT molecular complexity index is 629. The van der Waals surface area contributed by atoms with Gasteiger partial charge in [0.05, 0.1) is 12.8 Å². The SMILES string of the molecule is COc1ccccc1-c1cc(N[C@@H]2CCCC[C@@H]2N)ccn1. The molecule has 2 atom stereocenters. The maximum Gasteiger partial charge on any atom is 0.128 e. The standard InChI is InChI=1S/C18H23N3O/c1-22-18-9-5-2-6-14(18)17-12-13(10-11-20-17)21-16-8-4-3-7-15(16)19/h2,5-6,9-12,15-16H,3-4,7-8,19H2,1H3,(H,20,21)/t15-,16+/m0/s1. The quantitative estimate of drug-likeness (QED) is 0.907. The molecule has 22 heavy (non-hydrogen) atoms. The number of methoxy groups -OCH3 is 1. The van der Waals surface area contributed by atoms with Gasteiger partial charge in [-0.05, 0) is 37.1 Å². The number of hydrogen-bond acceptors (Lipinski definition) is 4. The van der Waals surface area contributed by atoms with E-state index in [1.165, 1.54) is 12.8 Å². The Morgan fingerprint density at radius 2 is 2.00 bits per heavy atom. The van der Waals surface area contributed by atoms with Crippen LogP contribution in [0.4, 0.5) is 5.69 Å². The maximum absolute atomic E-state index is 6.22. The number of para-hydroxylation sites is 1. The number of aromatic nitrogens is 1. The first-order chi connectivity index (χ1) is 10.8. The highest BCUT2D eigenvalue weighted by Crippen LogP contribution is 2.30. The van der Waals surface area contributed by atoms with Crippen molar-refractivity contribution in [3.63, 3.8) is 0 Å². The Kier molecular flexibility index (Phi) is 4.59. The second kappa shape index (κ2) is 6.79. The lowest BCUT2D eigenvalue weighted by molar-refractivity contribution is 0.404. The molecule has 1 aromatic carbocycles. The van der Waals surface area contributed by atoms with Gasteiger partial charge in [0.25, 0.3) is 0 Å². The topological polar surface area (TPSA) is 60.2 Å². The van der Waals surface area contributed by atoms with Crippen molar-refractivity contribution in [1.82, 2.24) is 4.98 Å². The predicted octanol–water partition coefficient (Wildman–Crippen LogP) is 3.44. The van der Waals surface area contributed by atoms with E-state index in [1.54, 1.807) is 7.11 Å². The van der Waals surface area contributed by atoms with Crippen molar-refractivity contribution in [2.75, 3.05) is 12.4 Å². The Hall–Kier alpha value is -2.07. The Morgan fingerprint density at radius 3 is 2.82 bits per heavy atom. The molecule has 1 aliphatic carbocycles. The number of rotatable bonds is 4. The van der Waals surface area contributed by atoms with Gasteiger partial charge >= 0.3 is 0 Å². The van der Waals surface area contributed by atoms with E-state index in [-0.39, 0.29) is 6.04 Å². The summed E-state index contributed by atoms with van der Waals surface area (Å²) in [7, 11) is 1.68. The Balaban J connectivity index is 1.83. The molecule has 116 valence electrons. The third-order valence-corrected chi connectivity index (χ3v) is 4.31. The van der Waals surface area contributed by atoms with Gasteiger partial charge in [-0.1, -0.05) is 25.0 Å². The molecule has 0 unspecified atom stereocenters. The van der Waals surface area contributed by atoms with Crippen molar-refractivity contribution in [3.05, 3.63) is 42.6 Å². The monoisotopic (exact) mass is 297 g/mol. The fourth-order valence-corrected chi connectivity index (χ4v) is 3.08. The molecule has 0 saturated heterocycles. The summed E-state index contributed by atoms with van der Waals surface area (Å²) in [6, 6.07) is 12.6. The molecule has 4 heteroatoms. The summed E-state index contributed by atoms with van der Waals surface area (Å²) in [6.45, 7) is 0. The van der Waals surface area contributed by atoms with Crippen LogP contribution in [0.2, 0.25) is 0 Å². The predicted molar refractivity (Wildman–Crippen MR) is 90.1 cm³/mol. The zero-order valence-electron chi connectivity index (χ0n) is 13.0. The minimum atomic E-state index is 0.233. The number of hydrogen-bond donors (Lipinski definition) is 2. The zero-order valence-corrected chi connectivity index (χ0v) is 13.0. The van der Waals surface area contributed by atoms with Crippen LogP contribution < -0.4 is 15.8 Å². The number of anilines is 1.